The van der Waals surface area contributed by atoms with E-state index < -0.39 is 0 Å². The number of nitrogens with one attached hydrogen (secondary N) is 2. The molecule has 2 rings (SSSR count). The molecule has 0 saturated heterocycles. The highest BCUT2D eigenvalue weighted by Gasteiger charge is 2.12. The first-order chi connectivity index (χ1) is 9.88. The second kappa shape index (κ2) is 8.74. The number of hydrogen-bond donors (Lipinski definition) is 2. The summed E-state index contributed by atoms with van der Waals surface area (Å²) in [5.74, 6) is 1.63. The fraction of sp³-hybridized carbons (Fsp3) is 0.733. The van der Waals surface area contributed by atoms with E-state index in [0.29, 0.717) is 6.04 Å². The van der Waals surface area contributed by atoms with Gasteiger partial charge < -0.3 is 15.4 Å². The normalized spacial score (nSPS) is 16.6. The predicted molar refractivity (Wildman–Crippen MR) is 82.1 cm³/mol. The fourth-order valence-electron chi connectivity index (χ4n) is 2.57. The molecule has 2 N–H and O–H groups in total. The lowest BCUT2D eigenvalue weighted by molar-refractivity contribution is 0.198. The predicted octanol–water partition coefficient (Wildman–Crippen LogP) is 3.06. The number of aromatic nitrogens is 2. The van der Waals surface area contributed by atoms with Gasteiger partial charge in [-0.05, 0) is 25.3 Å². The molecule has 0 radical (unpaired) electrons. The summed E-state index contributed by atoms with van der Waals surface area (Å²) in [5.41, 5.74) is 0. The lowest BCUT2D eigenvalue weighted by Gasteiger charge is -2.16. The van der Waals surface area contributed by atoms with Crippen LogP contribution in [0.25, 0.3) is 0 Å². The highest BCUT2D eigenvalue weighted by Crippen LogP contribution is 2.20. The van der Waals surface area contributed by atoms with Crippen LogP contribution in [-0.2, 0) is 4.74 Å². The first-order valence-electron chi connectivity index (χ1n) is 7.71. The molecule has 1 aromatic rings. The molecule has 5 nitrogen and oxygen atoms in total. The van der Waals surface area contributed by atoms with Gasteiger partial charge in [0.15, 0.2) is 0 Å². The van der Waals surface area contributed by atoms with E-state index in [9.17, 15) is 0 Å². The molecule has 5 heteroatoms. The van der Waals surface area contributed by atoms with Crippen molar-refractivity contribution >= 4 is 11.8 Å². The van der Waals surface area contributed by atoms with Crippen molar-refractivity contribution in [2.24, 2.45) is 0 Å². The number of rotatable bonds is 7. The standard InChI is InChI=1S/C15H26N4O/c1-20-12-6-10-16-14-9-11-17-15(19-14)18-13-7-4-2-3-5-8-13/h9,11,13H,2-8,10,12H2,1H3,(H2,16,17,18,19). The molecule has 0 aliphatic heterocycles. The van der Waals surface area contributed by atoms with Crippen molar-refractivity contribution in [1.82, 2.24) is 9.97 Å². The van der Waals surface area contributed by atoms with E-state index in [4.69, 9.17) is 4.74 Å². The minimum Gasteiger partial charge on any atom is -0.385 e. The minimum atomic E-state index is 0.529. The van der Waals surface area contributed by atoms with Gasteiger partial charge in [-0.25, -0.2) is 4.98 Å². The van der Waals surface area contributed by atoms with Gasteiger partial charge >= 0.3 is 0 Å². The maximum atomic E-state index is 5.03. The minimum absolute atomic E-state index is 0.529. The van der Waals surface area contributed by atoms with Crippen LogP contribution < -0.4 is 10.6 Å². The Kier molecular flexibility index (Phi) is 6.57. The summed E-state index contributed by atoms with van der Waals surface area (Å²) in [4.78, 5) is 8.84. The lowest BCUT2D eigenvalue weighted by Crippen LogP contribution is -2.20. The Labute approximate surface area is 121 Å². The molecule has 20 heavy (non-hydrogen) atoms. The van der Waals surface area contributed by atoms with E-state index >= 15 is 0 Å². The number of ether oxygens (including phenoxy) is 1. The molecule has 0 atom stereocenters. The molecular weight excluding hydrogens is 252 g/mol. The molecule has 1 fully saturated rings. The van der Waals surface area contributed by atoms with Crippen LogP contribution in [0.5, 0.6) is 0 Å². The van der Waals surface area contributed by atoms with Crippen molar-refractivity contribution in [1.29, 1.82) is 0 Å². The Balaban J connectivity index is 1.81. The summed E-state index contributed by atoms with van der Waals surface area (Å²) in [6.07, 6.45) is 10.6. The monoisotopic (exact) mass is 278 g/mol. The third kappa shape index (κ3) is 5.33. The van der Waals surface area contributed by atoms with Gasteiger partial charge in [0.25, 0.3) is 0 Å². The van der Waals surface area contributed by atoms with Crippen molar-refractivity contribution in [3.8, 4) is 0 Å². The Morgan fingerprint density at radius 3 is 2.80 bits per heavy atom. The Morgan fingerprint density at radius 2 is 2.05 bits per heavy atom. The molecule has 1 saturated carbocycles. The van der Waals surface area contributed by atoms with Crippen molar-refractivity contribution in [2.75, 3.05) is 30.9 Å². The Bertz CT molecular complexity index is 378. The topological polar surface area (TPSA) is 59.1 Å². The molecule has 1 aliphatic rings. The number of hydrogen-bond acceptors (Lipinski definition) is 5. The summed E-state index contributed by atoms with van der Waals surface area (Å²) in [6.45, 7) is 1.64. The summed E-state index contributed by atoms with van der Waals surface area (Å²) in [5, 5.41) is 6.77. The SMILES string of the molecule is COCCCNc1ccnc(NC2CCCCCC2)n1. The van der Waals surface area contributed by atoms with Crippen LogP contribution >= 0.6 is 0 Å². The Morgan fingerprint density at radius 1 is 1.25 bits per heavy atom. The zero-order valence-corrected chi connectivity index (χ0v) is 12.4. The molecule has 1 aromatic heterocycles. The quantitative estimate of drug-likeness (QED) is 0.593. The summed E-state index contributed by atoms with van der Waals surface area (Å²) >= 11 is 0. The van der Waals surface area contributed by atoms with E-state index in [2.05, 4.69) is 20.6 Å². The van der Waals surface area contributed by atoms with Crippen molar-refractivity contribution in [3.05, 3.63) is 12.3 Å². The van der Waals surface area contributed by atoms with Crippen molar-refractivity contribution in [3.63, 3.8) is 0 Å². The first-order valence-corrected chi connectivity index (χ1v) is 7.71. The van der Waals surface area contributed by atoms with E-state index in [-0.39, 0.29) is 0 Å². The highest BCUT2D eigenvalue weighted by molar-refractivity contribution is 5.39. The van der Waals surface area contributed by atoms with Crippen LogP contribution in [-0.4, -0.2) is 36.3 Å². The zero-order valence-electron chi connectivity index (χ0n) is 12.4. The third-order valence-electron chi connectivity index (χ3n) is 3.68. The number of nitrogens with zero attached hydrogens (tertiary/aromatic N) is 2. The van der Waals surface area contributed by atoms with Crippen molar-refractivity contribution in [2.45, 2.75) is 51.0 Å². The first kappa shape index (κ1) is 15.0. The lowest BCUT2D eigenvalue weighted by atomic mass is 10.1. The van der Waals surface area contributed by atoms with Gasteiger partial charge in [-0.3, -0.25) is 0 Å². The maximum absolute atomic E-state index is 5.03. The van der Waals surface area contributed by atoms with E-state index in [1.807, 2.05) is 12.3 Å². The third-order valence-corrected chi connectivity index (χ3v) is 3.68. The van der Waals surface area contributed by atoms with Crippen LogP contribution in [0.15, 0.2) is 12.3 Å². The molecule has 0 amide bonds. The molecule has 0 spiro atoms. The van der Waals surface area contributed by atoms with Gasteiger partial charge in [0.05, 0.1) is 0 Å². The second-order valence-corrected chi connectivity index (χ2v) is 5.37. The second-order valence-electron chi connectivity index (χ2n) is 5.37. The van der Waals surface area contributed by atoms with E-state index in [0.717, 1.165) is 31.3 Å². The van der Waals surface area contributed by atoms with Gasteiger partial charge in [0, 0.05) is 32.5 Å². The summed E-state index contributed by atoms with van der Waals surface area (Å²) in [6, 6.07) is 2.44. The van der Waals surface area contributed by atoms with Crippen molar-refractivity contribution < 1.29 is 4.74 Å². The molecule has 0 unspecified atom stereocenters. The van der Waals surface area contributed by atoms with Gasteiger partial charge in [0.1, 0.15) is 5.82 Å². The summed E-state index contributed by atoms with van der Waals surface area (Å²) in [7, 11) is 1.72. The van der Waals surface area contributed by atoms with E-state index in [1.54, 1.807) is 7.11 Å². The largest absolute Gasteiger partial charge is 0.385 e. The Hall–Kier alpha value is -1.36. The maximum Gasteiger partial charge on any atom is 0.224 e. The van der Waals surface area contributed by atoms with Crippen LogP contribution in [0, 0.1) is 0 Å². The van der Waals surface area contributed by atoms with Crippen LogP contribution in [0.4, 0.5) is 11.8 Å². The molecule has 1 heterocycles. The van der Waals surface area contributed by atoms with Gasteiger partial charge in [0.2, 0.25) is 5.95 Å². The average Bonchev–Trinajstić information content (AvgIpc) is 2.73. The fourth-order valence-corrected chi connectivity index (χ4v) is 2.57. The van der Waals surface area contributed by atoms with Crippen LogP contribution in [0.2, 0.25) is 0 Å². The van der Waals surface area contributed by atoms with E-state index in [1.165, 1.54) is 38.5 Å². The van der Waals surface area contributed by atoms with Gasteiger partial charge in [-0.1, -0.05) is 25.7 Å². The molecule has 0 bridgehead atoms. The zero-order chi connectivity index (χ0) is 14.0. The molecular formula is C15H26N4O. The average molecular weight is 278 g/mol. The number of methoxy groups -OCH3 is 1. The van der Waals surface area contributed by atoms with Crippen LogP contribution in [0.3, 0.4) is 0 Å². The highest BCUT2D eigenvalue weighted by atomic mass is 16.5. The molecule has 0 aromatic carbocycles. The van der Waals surface area contributed by atoms with Crippen LogP contribution in [0.1, 0.15) is 44.9 Å². The number of anilines is 2. The van der Waals surface area contributed by atoms with Gasteiger partial charge in [-0.2, -0.15) is 4.98 Å². The molecule has 1 aliphatic carbocycles. The van der Waals surface area contributed by atoms with Gasteiger partial charge in [-0.15, -0.1) is 0 Å². The molecule has 112 valence electrons. The summed E-state index contributed by atoms with van der Waals surface area (Å²) < 4.78 is 5.03. The smallest absolute Gasteiger partial charge is 0.224 e.